The smallest absolute Gasteiger partial charge is 0.136 e. The first kappa shape index (κ1) is 14.9. The normalized spacial score (nSPS) is 12.2. The molecule has 0 saturated carbocycles. The van der Waals surface area contributed by atoms with Gasteiger partial charge in [-0.3, -0.25) is 0 Å². The summed E-state index contributed by atoms with van der Waals surface area (Å²) in [6.07, 6.45) is -0.653. The maximum Gasteiger partial charge on any atom is 0.136 e. The first-order valence-electron chi connectivity index (χ1n) is 6.49. The van der Waals surface area contributed by atoms with Crippen molar-refractivity contribution in [3.05, 3.63) is 59.9 Å². The Morgan fingerprint density at radius 2 is 2.00 bits per heavy atom. The highest BCUT2D eigenvalue weighted by molar-refractivity contribution is 7.99. The second-order valence-electron chi connectivity index (χ2n) is 4.26. The zero-order chi connectivity index (χ0) is 14.4. The number of halogens is 1. The zero-order valence-electron chi connectivity index (χ0n) is 11.3. The van der Waals surface area contributed by atoms with E-state index in [1.165, 1.54) is 17.8 Å². The Balaban J connectivity index is 1.99. The molecule has 2 nitrogen and oxygen atoms in total. The van der Waals surface area contributed by atoms with Gasteiger partial charge in [0.05, 0.1) is 12.7 Å². The second kappa shape index (κ2) is 7.31. The number of benzene rings is 2. The molecule has 1 atom stereocenters. The van der Waals surface area contributed by atoms with Crippen molar-refractivity contribution in [3.8, 4) is 5.75 Å². The minimum atomic E-state index is -0.653. The van der Waals surface area contributed by atoms with Crippen molar-refractivity contribution in [1.82, 2.24) is 0 Å². The minimum Gasteiger partial charge on any atom is -0.494 e. The van der Waals surface area contributed by atoms with Crippen LogP contribution in [-0.2, 0) is 0 Å². The average Bonchev–Trinajstić information content (AvgIpc) is 2.47. The molecule has 2 rings (SSSR count). The van der Waals surface area contributed by atoms with E-state index in [0.29, 0.717) is 17.3 Å². The van der Waals surface area contributed by atoms with Crippen molar-refractivity contribution >= 4 is 11.8 Å². The van der Waals surface area contributed by atoms with Crippen LogP contribution in [0.2, 0.25) is 0 Å². The Morgan fingerprint density at radius 1 is 1.20 bits per heavy atom. The number of aliphatic hydroxyl groups excluding tert-OH is 1. The highest BCUT2D eigenvalue weighted by Crippen LogP contribution is 2.28. The summed E-state index contributed by atoms with van der Waals surface area (Å²) in [5.41, 5.74) is 0.778. The van der Waals surface area contributed by atoms with Crippen LogP contribution in [0.5, 0.6) is 5.75 Å². The molecule has 2 aromatic rings. The van der Waals surface area contributed by atoms with Gasteiger partial charge in [-0.15, -0.1) is 11.8 Å². The molecule has 0 aliphatic rings. The van der Waals surface area contributed by atoms with Crippen molar-refractivity contribution in [2.24, 2.45) is 0 Å². The summed E-state index contributed by atoms with van der Waals surface area (Å²) in [6, 6.07) is 13.9. The molecule has 0 fully saturated rings. The Morgan fingerprint density at radius 3 is 2.75 bits per heavy atom. The van der Waals surface area contributed by atoms with Crippen molar-refractivity contribution in [2.75, 3.05) is 12.4 Å². The van der Waals surface area contributed by atoms with Crippen LogP contribution < -0.4 is 4.74 Å². The van der Waals surface area contributed by atoms with E-state index < -0.39 is 6.10 Å². The lowest BCUT2D eigenvalue weighted by Gasteiger charge is -2.12. The summed E-state index contributed by atoms with van der Waals surface area (Å²) in [7, 11) is 0. The zero-order valence-corrected chi connectivity index (χ0v) is 12.1. The van der Waals surface area contributed by atoms with Gasteiger partial charge in [-0.05, 0) is 36.8 Å². The van der Waals surface area contributed by atoms with Gasteiger partial charge in [0, 0.05) is 10.6 Å². The molecule has 0 bridgehead atoms. The van der Waals surface area contributed by atoms with Crippen LogP contribution in [0.15, 0.2) is 53.4 Å². The van der Waals surface area contributed by atoms with Crippen LogP contribution in [0.1, 0.15) is 18.6 Å². The number of hydrogen-bond donors (Lipinski definition) is 1. The van der Waals surface area contributed by atoms with E-state index >= 15 is 0 Å². The Bertz CT molecular complexity index is 560. The fourth-order valence-corrected chi connectivity index (χ4v) is 2.72. The van der Waals surface area contributed by atoms with Gasteiger partial charge in [0.1, 0.15) is 11.6 Å². The molecule has 20 heavy (non-hydrogen) atoms. The summed E-state index contributed by atoms with van der Waals surface area (Å²) in [5, 5.41) is 10.2. The molecular formula is C16H17FO2S. The lowest BCUT2D eigenvalue weighted by Crippen LogP contribution is -2.02. The molecule has 2 aromatic carbocycles. The SMILES string of the molecule is CCOc1cccc(C(O)CSc2ccccc2F)c1. The third kappa shape index (κ3) is 3.99. The van der Waals surface area contributed by atoms with Gasteiger partial charge < -0.3 is 9.84 Å². The summed E-state index contributed by atoms with van der Waals surface area (Å²) < 4.78 is 18.9. The average molecular weight is 292 g/mol. The van der Waals surface area contributed by atoms with Gasteiger partial charge in [-0.1, -0.05) is 24.3 Å². The Kier molecular flexibility index (Phi) is 5.44. The quantitative estimate of drug-likeness (QED) is 0.814. The van der Waals surface area contributed by atoms with Crippen LogP contribution in [0.3, 0.4) is 0 Å². The van der Waals surface area contributed by atoms with Gasteiger partial charge in [0.25, 0.3) is 0 Å². The largest absolute Gasteiger partial charge is 0.494 e. The van der Waals surface area contributed by atoms with Crippen molar-refractivity contribution in [1.29, 1.82) is 0 Å². The van der Waals surface area contributed by atoms with Gasteiger partial charge in [-0.2, -0.15) is 0 Å². The number of rotatable bonds is 6. The third-order valence-electron chi connectivity index (χ3n) is 2.79. The second-order valence-corrected chi connectivity index (χ2v) is 5.32. The van der Waals surface area contributed by atoms with E-state index in [1.807, 2.05) is 31.2 Å². The summed E-state index contributed by atoms with van der Waals surface area (Å²) >= 11 is 1.30. The molecule has 0 amide bonds. The third-order valence-corrected chi connectivity index (χ3v) is 3.91. The van der Waals surface area contributed by atoms with Gasteiger partial charge >= 0.3 is 0 Å². The Hall–Kier alpha value is -1.52. The number of aliphatic hydroxyl groups is 1. The molecular weight excluding hydrogens is 275 g/mol. The van der Waals surface area contributed by atoms with Crippen LogP contribution >= 0.6 is 11.8 Å². The van der Waals surface area contributed by atoms with Crippen molar-refractivity contribution in [3.63, 3.8) is 0 Å². The van der Waals surface area contributed by atoms with Gasteiger partial charge in [0.15, 0.2) is 0 Å². The van der Waals surface area contributed by atoms with Crippen molar-refractivity contribution < 1.29 is 14.2 Å². The number of ether oxygens (including phenoxy) is 1. The van der Waals surface area contributed by atoms with E-state index in [4.69, 9.17) is 4.74 Å². The molecule has 1 N–H and O–H groups in total. The highest BCUT2D eigenvalue weighted by Gasteiger charge is 2.10. The van der Waals surface area contributed by atoms with E-state index in [0.717, 1.165) is 11.3 Å². The molecule has 1 unspecified atom stereocenters. The van der Waals surface area contributed by atoms with E-state index in [9.17, 15) is 9.50 Å². The first-order chi connectivity index (χ1) is 9.70. The molecule has 0 spiro atoms. The highest BCUT2D eigenvalue weighted by atomic mass is 32.2. The van der Waals surface area contributed by atoms with Crippen LogP contribution in [-0.4, -0.2) is 17.5 Å². The summed E-state index contributed by atoms with van der Waals surface area (Å²) in [4.78, 5) is 0.549. The monoisotopic (exact) mass is 292 g/mol. The van der Waals surface area contributed by atoms with Gasteiger partial charge in [-0.25, -0.2) is 4.39 Å². The molecule has 0 aliphatic heterocycles. The number of hydrogen-bond acceptors (Lipinski definition) is 3. The minimum absolute atomic E-state index is 0.257. The maximum absolute atomic E-state index is 13.5. The predicted octanol–water partition coefficient (Wildman–Crippen LogP) is 4.05. The molecule has 0 aromatic heterocycles. The van der Waals surface area contributed by atoms with E-state index in [1.54, 1.807) is 18.2 Å². The van der Waals surface area contributed by atoms with E-state index in [-0.39, 0.29) is 5.82 Å². The van der Waals surface area contributed by atoms with Crippen LogP contribution in [0.4, 0.5) is 4.39 Å². The summed E-state index contributed by atoms with van der Waals surface area (Å²) in [5.74, 6) is 0.879. The molecule has 0 saturated heterocycles. The lowest BCUT2D eigenvalue weighted by molar-refractivity contribution is 0.203. The maximum atomic E-state index is 13.5. The molecule has 0 aliphatic carbocycles. The molecule has 0 heterocycles. The van der Waals surface area contributed by atoms with Crippen LogP contribution in [0, 0.1) is 5.82 Å². The van der Waals surface area contributed by atoms with E-state index in [2.05, 4.69) is 0 Å². The fraction of sp³-hybridized carbons (Fsp3) is 0.250. The first-order valence-corrected chi connectivity index (χ1v) is 7.47. The van der Waals surface area contributed by atoms with Crippen LogP contribution in [0.25, 0.3) is 0 Å². The standard InChI is InChI=1S/C16H17FO2S/c1-2-19-13-7-5-6-12(10-13)15(18)11-20-16-9-4-3-8-14(16)17/h3-10,15,18H,2,11H2,1H3. The molecule has 106 valence electrons. The lowest BCUT2D eigenvalue weighted by atomic mass is 10.1. The topological polar surface area (TPSA) is 29.5 Å². The Labute approximate surface area is 122 Å². The predicted molar refractivity (Wildman–Crippen MR) is 79.7 cm³/mol. The fourth-order valence-electron chi connectivity index (χ4n) is 1.80. The van der Waals surface area contributed by atoms with Crippen molar-refractivity contribution in [2.45, 2.75) is 17.9 Å². The number of thioether (sulfide) groups is 1. The van der Waals surface area contributed by atoms with Gasteiger partial charge in [0.2, 0.25) is 0 Å². The molecule has 0 radical (unpaired) electrons. The molecule has 4 heteroatoms. The summed E-state index contributed by atoms with van der Waals surface area (Å²) in [6.45, 7) is 2.50.